The van der Waals surface area contributed by atoms with Crippen molar-refractivity contribution in [2.45, 2.75) is 61.9 Å². The van der Waals surface area contributed by atoms with E-state index in [9.17, 15) is 105 Å². The highest BCUT2D eigenvalue weighted by Gasteiger charge is 2.47. The van der Waals surface area contributed by atoms with E-state index in [0.29, 0.717) is 0 Å². The molecule has 0 radical (unpaired) electrons. The van der Waals surface area contributed by atoms with Gasteiger partial charge in [-0.05, 0) is 46.5 Å². The lowest BCUT2D eigenvalue weighted by Gasteiger charge is -2.46. The second-order valence-electron chi connectivity index (χ2n) is 19.1. The van der Waals surface area contributed by atoms with Crippen molar-refractivity contribution >= 4 is 28.0 Å². The second kappa shape index (κ2) is 21.4. The molecule has 0 atom stereocenters. The molecule has 0 saturated heterocycles. The Morgan fingerprint density at radius 3 is 0.819 bits per heavy atom. The van der Waals surface area contributed by atoms with E-state index in [1.807, 2.05) is 0 Å². The molecule has 0 aliphatic heterocycles. The summed E-state index contributed by atoms with van der Waals surface area (Å²) in [5, 5.41) is 0. The van der Waals surface area contributed by atoms with Crippen LogP contribution < -0.4 is 26.4 Å². The average Bonchev–Trinajstić information content (AvgIpc) is 1.25. The van der Waals surface area contributed by atoms with Gasteiger partial charge in [0.1, 0.15) is 6.15 Å². The van der Waals surface area contributed by atoms with Crippen LogP contribution in [-0.4, -0.2) is 6.15 Å². The van der Waals surface area contributed by atoms with Crippen LogP contribution in [-0.2, 0) is 56.0 Å². The minimum absolute atomic E-state index is 0.285. The van der Waals surface area contributed by atoms with E-state index in [1.54, 1.807) is 0 Å². The van der Waals surface area contributed by atoms with Gasteiger partial charge in [-0.2, -0.15) is 132 Å². The van der Waals surface area contributed by atoms with Crippen LogP contribution in [0.3, 0.4) is 0 Å². The van der Waals surface area contributed by atoms with E-state index in [0.717, 1.165) is 6.54 Å². The topological polar surface area (TPSA) is 3.88 Å². The number of fused-ring (bicyclic) bond motifs is 3. The number of hydrogen-bond acceptors (Lipinski definition) is 0. The van der Waals surface area contributed by atoms with Crippen LogP contribution >= 0.6 is 0 Å². The van der Waals surface area contributed by atoms with Gasteiger partial charge in [0.2, 0.25) is 0 Å². The summed E-state index contributed by atoms with van der Waals surface area (Å²) in [4.78, 5) is 0. The summed E-state index contributed by atoms with van der Waals surface area (Å²) in [6, 6.07) is 26.1. The number of rotatable bonds is 7. The van der Waals surface area contributed by atoms with E-state index >= 15 is 0 Å². The van der Waals surface area contributed by atoms with Crippen LogP contribution in [0.15, 0.2) is 176 Å². The molecule has 83 heavy (non-hydrogen) atoms. The fourth-order valence-electron chi connectivity index (χ4n) is 10.2. The molecule has 0 bridgehead atoms. The summed E-state index contributed by atoms with van der Waals surface area (Å²) in [7, 11) is 0. The molecule has 436 valence electrons. The Bertz CT molecular complexity index is 3190. The predicted octanol–water partition coefficient (Wildman–Crippen LogP) is 16.4. The average molecular weight is 1200 g/mol. The lowest BCUT2D eigenvalue weighted by Crippen LogP contribution is -2.75. The lowest BCUT2D eigenvalue weighted by molar-refractivity contribution is -0.696. The number of aromatic nitrogens is 1. The van der Waals surface area contributed by atoms with E-state index in [4.69, 9.17) is 0 Å². The molecular formula is C57H32BF24N. The first kappa shape index (κ1) is 61.2. The van der Waals surface area contributed by atoms with Crippen molar-refractivity contribution in [3.05, 3.63) is 243 Å². The van der Waals surface area contributed by atoms with Crippen molar-refractivity contribution in [3.8, 4) is 11.1 Å². The molecule has 7 aromatic carbocycles. The highest BCUT2D eigenvalue weighted by Crippen LogP contribution is 2.47. The molecule has 1 aliphatic rings. The Labute approximate surface area is 453 Å². The smallest absolute Gasteiger partial charge is 0.197 e. The third-order valence-corrected chi connectivity index (χ3v) is 13.7. The largest absolute Gasteiger partial charge is 0.416 e. The maximum atomic E-state index is 14.2. The summed E-state index contributed by atoms with van der Waals surface area (Å²) in [5.74, 6) is 0.285. The van der Waals surface area contributed by atoms with Crippen LogP contribution in [0, 0.1) is 0 Å². The standard InChI is InChI=1S/C32H12BF24.C25H20N/c34-25(35,36)13-1-14(26(37,38)39)6-21(5-13)33(22-7-15(27(40,41)42)2-16(8-22)28(43,44)45,23-9-17(29(46,47)48)3-18(10-23)30(49,50)51)24-11-19(31(52,53)54)4-20(12-24)32(55,56)57;1-2-10-19(11-3-1)18-26-17-9-8-16-24(26)25-22-14-6-4-12-20(22)21-13-5-7-15-23(21)25/h1-12H;1-17,25H,18H2/q-1;+1. The van der Waals surface area contributed by atoms with E-state index in [1.165, 1.54) is 33.5 Å². The summed E-state index contributed by atoms with van der Waals surface area (Å²) in [6.45, 7) is 0.887. The zero-order chi connectivity index (χ0) is 61.3. The Morgan fingerprint density at radius 2 is 0.542 bits per heavy atom. The number of pyridine rings is 1. The second-order valence-corrected chi connectivity index (χ2v) is 19.1. The van der Waals surface area contributed by atoms with Crippen molar-refractivity contribution in [2.24, 2.45) is 0 Å². The first-order valence-electron chi connectivity index (χ1n) is 23.7. The van der Waals surface area contributed by atoms with Crippen LogP contribution in [0.25, 0.3) is 11.1 Å². The Balaban J connectivity index is 0.000000283. The number of nitrogens with zero attached hydrogens (tertiary/aromatic N) is 1. The monoisotopic (exact) mass is 1200 g/mol. The van der Waals surface area contributed by atoms with Gasteiger partial charge < -0.3 is 0 Å². The third kappa shape index (κ3) is 12.8. The van der Waals surface area contributed by atoms with Gasteiger partial charge in [-0.25, -0.2) is 0 Å². The SMILES string of the molecule is FC(F)(F)c1cc([B-](c2cc(C(F)(F)F)cc(C(F)(F)F)c2)(c2cc(C(F)(F)F)cc(C(F)(F)F)c2)c2cc(C(F)(F)F)cc(C(F)(F)F)c2)cc(C(F)(F)F)c1.c1ccc(C[n+]2ccccc2C2c3ccccc3-c3ccccc32)cc1. The minimum atomic E-state index is -6.13. The molecule has 0 spiro atoms. The summed E-state index contributed by atoms with van der Waals surface area (Å²) in [5.41, 5.74) is -22.0. The molecule has 0 saturated carbocycles. The Morgan fingerprint density at radius 1 is 0.289 bits per heavy atom. The molecule has 8 aromatic rings. The highest BCUT2D eigenvalue weighted by atomic mass is 19.4. The first-order chi connectivity index (χ1) is 38.2. The molecule has 0 unspecified atom stereocenters. The third-order valence-electron chi connectivity index (χ3n) is 13.7. The predicted molar refractivity (Wildman–Crippen MR) is 255 cm³/mol. The molecule has 0 amide bonds. The summed E-state index contributed by atoms with van der Waals surface area (Å²) < 4.78 is 343. The van der Waals surface area contributed by atoms with Crippen molar-refractivity contribution in [1.29, 1.82) is 0 Å². The van der Waals surface area contributed by atoms with Gasteiger partial charge in [-0.1, -0.05) is 133 Å². The maximum Gasteiger partial charge on any atom is 0.416 e. The van der Waals surface area contributed by atoms with Gasteiger partial charge in [-0.15, -0.1) is 0 Å². The van der Waals surface area contributed by atoms with Crippen molar-refractivity contribution in [1.82, 2.24) is 0 Å². The summed E-state index contributed by atoms with van der Waals surface area (Å²) >= 11 is 0. The van der Waals surface area contributed by atoms with Crippen LogP contribution in [0.4, 0.5) is 105 Å². The molecule has 1 aliphatic carbocycles. The molecule has 0 fully saturated rings. The van der Waals surface area contributed by atoms with E-state index < -0.39 is 195 Å². The normalized spacial score (nSPS) is 13.8. The molecule has 26 heteroatoms. The quantitative estimate of drug-likeness (QED) is 0.0851. The highest BCUT2D eigenvalue weighted by molar-refractivity contribution is 7.20. The minimum Gasteiger partial charge on any atom is -0.197 e. The van der Waals surface area contributed by atoms with Crippen molar-refractivity contribution in [2.75, 3.05) is 0 Å². The number of benzene rings is 7. The molecule has 1 nitrogen and oxygen atoms in total. The van der Waals surface area contributed by atoms with Gasteiger partial charge in [0.25, 0.3) is 0 Å². The van der Waals surface area contributed by atoms with Gasteiger partial charge >= 0.3 is 49.4 Å². The number of halogens is 24. The lowest BCUT2D eigenvalue weighted by atomic mass is 9.12. The molecule has 1 aromatic heterocycles. The summed E-state index contributed by atoms with van der Waals surface area (Å²) in [6.07, 6.45) is -52.6. The first-order valence-corrected chi connectivity index (χ1v) is 23.7. The van der Waals surface area contributed by atoms with Gasteiger partial charge in [0.15, 0.2) is 18.4 Å². The zero-order valence-electron chi connectivity index (χ0n) is 41.1. The molecular weight excluding hydrogens is 1170 g/mol. The fraction of sp³-hybridized carbons (Fsp3) is 0.175. The van der Waals surface area contributed by atoms with Gasteiger partial charge in [0, 0.05) is 17.7 Å². The van der Waals surface area contributed by atoms with Gasteiger partial charge in [0.05, 0.1) is 50.4 Å². The Kier molecular flexibility index (Phi) is 15.7. The zero-order valence-corrected chi connectivity index (χ0v) is 41.1. The molecule has 9 rings (SSSR count). The van der Waals surface area contributed by atoms with E-state index in [-0.39, 0.29) is 5.92 Å². The maximum absolute atomic E-state index is 14.2. The number of hydrogen-bond donors (Lipinski definition) is 0. The van der Waals surface area contributed by atoms with E-state index in [2.05, 4.69) is 108 Å². The van der Waals surface area contributed by atoms with Crippen LogP contribution in [0.1, 0.15) is 72.8 Å². The van der Waals surface area contributed by atoms with Crippen molar-refractivity contribution in [3.63, 3.8) is 0 Å². The molecule has 0 N–H and O–H groups in total. The van der Waals surface area contributed by atoms with Crippen LogP contribution in [0.5, 0.6) is 0 Å². The van der Waals surface area contributed by atoms with Gasteiger partial charge in [-0.3, -0.25) is 0 Å². The van der Waals surface area contributed by atoms with Crippen LogP contribution in [0.2, 0.25) is 0 Å². The van der Waals surface area contributed by atoms with Crippen molar-refractivity contribution < 1.29 is 110 Å². The molecule has 1 heterocycles. The fourth-order valence-corrected chi connectivity index (χ4v) is 10.2. The Hall–Kier alpha value is -7.93. The number of alkyl halides is 24.